The van der Waals surface area contributed by atoms with Gasteiger partial charge in [-0.2, -0.15) is 0 Å². The van der Waals surface area contributed by atoms with Crippen LogP contribution in [-0.4, -0.2) is 11.2 Å². The summed E-state index contributed by atoms with van der Waals surface area (Å²) in [5.74, 6) is 11.4. The maximum Gasteiger partial charge on any atom is 0.0827 e. The van der Waals surface area contributed by atoms with Crippen LogP contribution in [0.15, 0.2) is 24.3 Å². The van der Waals surface area contributed by atoms with Crippen molar-refractivity contribution in [2.45, 2.75) is 52.7 Å². The summed E-state index contributed by atoms with van der Waals surface area (Å²) in [6.45, 7) is 11.7. The molecule has 17 heavy (non-hydrogen) atoms. The summed E-state index contributed by atoms with van der Waals surface area (Å²) in [5, 5.41) is 0. The smallest absolute Gasteiger partial charge is 0.0827 e. The van der Waals surface area contributed by atoms with Gasteiger partial charge in [0.1, 0.15) is 0 Å². The highest BCUT2D eigenvalue weighted by Gasteiger charge is 2.24. The van der Waals surface area contributed by atoms with E-state index in [0.717, 1.165) is 0 Å². The van der Waals surface area contributed by atoms with E-state index in [1.54, 1.807) is 0 Å². The van der Waals surface area contributed by atoms with E-state index in [-0.39, 0.29) is 11.2 Å². The van der Waals surface area contributed by atoms with Crippen LogP contribution in [-0.2, 0) is 4.74 Å². The highest BCUT2D eigenvalue weighted by atomic mass is 16.5. The number of hydrogen-bond donors (Lipinski definition) is 0. The molecule has 0 aromatic heterocycles. The molecule has 0 unspecified atom stereocenters. The molecule has 0 aromatic rings. The summed E-state index contributed by atoms with van der Waals surface area (Å²) < 4.78 is 6.01. The van der Waals surface area contributed by atoms with Gasteiger partial charge in [-0.3, -0.25) is 0 Å². The first-order chi connectivity index (χ1) is 7.83. The van der Waals surface area contributed by atoms with E-state index in [1.807, 2.05) is 65.8 Å². The molecule has 0 aliphatic rings. The van der Waals surface area contributed by atoms with Gasteiger partial charge in [0.05, 0.1) is 11.2 Å². The molecule has 1 heteroatoms. The van der Waals surface area contributed by atoms with Gasteiger partial charge in [-0.1, -0.05) is 11.8 Å². The molecule has 0 aromatic carbocycles. The van der Waals surface area contributed by atoms with Crippen molar-refractivity contribution in [3.05, 3.63) is 24.3 Å². The largest absolute Gasteiger partial charge is 0.361 e. The molecular formula is C16H22O. The lowest BCUT2D eigenvalue weighted by atomic mass is 10.0. The fourth-order valence-electron chi connectivity index (χ4n) is 1.40. The lowest BCUT2D eigenvalue weighted by Gasteiger charge is -2.31. The highest BCUT2D eigenvalue weighted by Crippen LogP contribution is 2.22. The van der Waals surface area contributed by atoms with E-state index in [1.165, 1.54) is 0 Å². The van der Waals surface area contributed by atoms with Gasteiger partial charge in [0.15, 0.2) is 0 Å². The Morgan fingerprint density at radius 1 is 0.765 bits per heavy atom. The molecule has 0 atom stereocenters. The molecule has 0 heterocycles. The van der Waals surface area contributed by atoms with Crippen LogP contribution in [0.4, 0.5) is 0 Å². The Kier molecular flexibility index (Phi) is 6.40. The third-order valence-corrected chi connectivity index (χ3v) is 1.95. The van der Waals surface area contributed by atoms with Crippen LogP contribution in [0, 0.1) is 23.7 Å². The van der Waals surface area contributed by atoms with Crippen LogP contribution < -0.4 is 0 Å². The molecule has 0 spiro atoms. The Bertz CT molecular complexity index is 360. The van der Waals surface area contributed by atoms with Crippen LogP contribution in [0.5, 0.6) is 0 Å². The summed E-state index contributed by atoms with van der Waals surface area (Å²) in [5.41, 5.74) is -0.700. The third kappa shape index (κ3) is 8.38. The van der Waals surface area contributed by atoms with Crippen molar-refractivity contribution in [3.63, 3.8) is 0 Å². The Morgan fingerprint density at radius 2 is 1.12 bits per heavy atom. The predicted molar refractivity (Wildman–Crippen MR) is 74.4 cm³/mol. The molecule has 0 saturated carbocycles. The van der Waals surface area contributed by atoms with E-state index in [0.29, 0.717) is 0 Å². The van der Waals surface area contributed by atoms with Gasteiger partial charge in [0.25, 0.3) is 0 Å². The second-order valence-corrected chi connectivity index (χ2v) is 4.76. The average Bonchev–Trinajstić information content (AvgIpc) is 2.16. The minimum Gasteiger partial charge on any atom is -0.361 e. The lowest BCUT2D eigenvalue weighted by Crippen LogP contribution is -2.34. The molecule has 0 bridgehead atoms. The fourth-order valence-corrected chi connectivity index (χ4v) is 1.40. The number of ether oxygens (including phenoxy) is 1. The summed E-state index contributed by atoms with van der Waals surface area (Å²) >= 11 is 0. The number of rotatable bonds is 4. The van der Waals surface area contributed by atoms with Gasteiger partial charge in [-0.15, -0.1) is 11.8 Å². The van der Waals surface area contributed by atoms with Crippen LogP contribution in [0.3, 0.4) is 0 Å². The number of allylic oxidation sites excluding steroid dienone is 2. The normalized spacial score (nSPS) is 12.1. The SMILES string of the molecule is CC#CC=CC(C)(C)OC(C)(C)C=CC#CC. The van der Waals surface area contributed by atoms with Crippen LogP contribution >= 0.6 is 0 Å². The molecule has 0 rings (SSSR count). The monoisotopic (exact) mass is 230 g/mol. The molecule has 1 nitrogen and oxygen atoms in total. The summed E-state index contributed by atoms with van der Waals surface area (Å²) in [6.07, 6.45) is 7.58. The van der Waals surface area contributed by atoms with Crippen molar-refractivity contribution >= 4 is 0 Å². The maximum absolute atomic E-state index is 6.01. The minimum absolute atomic E-state index is 0.350. The molecule has 92 valence electrons. The summed E-state index contributed by atoms with van der Waals surface area (Å²) in [6, 6.07) is 0. The minimum atomic E-state index is -0.350. The first-order valence-corrected chi connectivity index (χ1v) is 5.73. The molecule has 0 aliphatic carbocycles. The first kappa shape index (κ1) is 15.6. The zero-order valence-corrected chi connectivity index (χ0v) is 11.7. The quantitative estimate of drug-likeness (QED) is 0.669. The second kappa shape index (κ2) is 7.00. The topological polar surface area (TPSA) is 9.23 Å². The van der Waals surface area contributed by atoms with Crippen molar-refractivity contribution < 1.29 is 4.74 Å². The van der Waals surface area contributed by atoms with Gasteiger partial charge >= 0.3 is 0 Å². The zero-order valence-electron chi connectivity index (χ0n) is 11.7. The van der Waals surface area contributed by atoms with Crippen molar-refractivity contribution in [2.24, 2.45) is 0 Å². The van der Waals surface area contributed by atoms with E-state index in [2.05, 4.69) is 23.7 Å². The fraction of sp³-hybridized carbons (Fsp3) is 0.500. The van der Waals surface area contributed by atoms with Crippen LogP contribution in [0.25, 0.3) is 0 Å². The van der Waals surface area contributed by atoms with Crippen LogP contribution in [0.2, 0.25) is 0 Å². The molecule has 0 fully saturated rings. The summed E-state index contributed by atoms with van der Waals surface area (Å²) in [7, 11) is 0. The molecule has 0 radical (unpaired) electrons. The zero-order chi connectivity index (χ0) is 13.4. The summed E-state index contributed by atoms with van der Waals surface area (Å²) in [4.78, 5) is 0. The lowest BCUT2D eigenvalue weighted by molar-refractivity contribution is -0.0682. The Morgan fingerprint density at radius 3 is 1.41 bits per heavy atom. The Hall–Kier alpha value is -1.44. The molecule has 0 N–H and O–H groups in total. The van der Waals surface area contributed by atoms with E-state index < -0.39 is 0 Å². The Labute approximate surface area is 106 Å². The maximum atomic E-state index is 6.01. The van der Waals surface area contributed by atoms with E-state index in [9.17, 15) is 0 Å². The van der Waals surface area contributed by atoms with Gasteiger partial charge in [-0.05, 0) is 65.8 Å². The van der Waals surface area contributed by atoms with Gasteiger partial charge in [0.2, 0.25) is 0 Å². The van der Waals surface area contributed by atoms with Crippen molar-refractivity contribution in [1.29, 1.82) is 0 Å². The van der Waals surface area contributed by atoms with Gasteiger partial charge < -0.3 is 4.74 Å². The predicted octanol–water partition coefficient (Wildman–Crippen LogP) is 3.72. The molecule has 0 aliphatic heterocycles. The average molecular weight is 230 g/mol. The molecule has 0 amide bonds. The Balaban J connectivity index is 4.64. The second-order valence-electron chi connectivity index (χ2n) is 4.76. The van der Waals surface area contributed by atoms with Gasteiger partial charge in [0, 0.05) is 0 Å². The highest BCUT2D eigenvalue weighted by molar-refractivity contribution is 5.19. The van der Waals surface area contributed by atoms with Crippen molar-refractivity contribution in [1.82, 2.24) is 0 Å². The number of hydrogen-bond acceptors (Lipinski definition) is 1. The van der Waals surface area contributed by atoms with Gasteiger partial charge in [-0.25, -0.2) is 0 Å². The van der Waals surface area contributed by atoms with E-state index >= 15 is 0 Å². The standard InChI is InChI=1S/C16H22O/c1-7-9-11-13-15(3,4)17-16(5,6)14-12-10-8-2/h11-14H,1-6H3. The van der Waals surface area contributed by atoms with E-state index in [4.69, 9.17) is 4.74 Å². The molecule has 0 saturated heterocycles. The van der Waals surface area contributed by atoms with Crippen molar-refractivity contribution in [2.75, 3.05) is 0 Å². The molecular weight excluding hydrogens is 208 g/mol. The van der Waals surface area contributed by atoms with Crippen LogP contribution in [0.1, 0.15) is 41.5 Å². The third-order valence-electron chi connectivity index (χ3n) is 1.95. The first-order valence-electron chi connectivity index (χ1n) is 5.73. The van der Waals surface area contributed by atoms with Crippen molar-refractivity contribution in [3.8, 4) is 23.7 Å².